The third-order valence-corrected chi connectivity index (χ3v) is 2.50. The van der Waals surface area contributed by atoms with Crippen LogP contribution in [-0.2, 0) is 0 Å². The highest BCUT2D eigenvalue weighted by Crippen LogP contribution is 2.16. The van der Waals surface area contributed by atoms with Gasteiger partial charge in [0, 0.05) is 12.1 Å². The lowest BCUT2D eigenvalue weighted by molar-refractivity contribution is 0.243. The van der Waals surface area contributed by atoms with Crippen molar-refractivity contribution in [1.29, 1.82) is 0 Å². The molecule has 0 saturated heterocycles. The average molecular weight is 211 g/mol. The molecule has 0 aromatic heterocycles. The number of aryl methyl sites for hydroxylation is 1. The quantitative estimate of drug-likeness (QED) is 0.800. The van der Waals surface area contributed by atoms with Crippen molar-refractivity contribution in [2.24, 2.45) is 0 Å². The molecule has 0 bridgehead atoms. The zero-order chi connectivity index (χ0) is 11.4. The first-order chi connectivity index (χ1) is 7.04. The third-order valence-electron chi connectivity index (χ3n) is 2.50. The van der Waals surface area contributed by atoms with Gasteiger partial charge in [0.05, 0.1) is 6.61 Å². The highest BCUT2D eigenvalue weighted by Gasteiger charge is 2.09. The van der Waals surface area contributed by atoms with Crippen molar-refractivity contribution < 1.29 is 9.50 Å². The molecule has 2 N–H and O–H groups in total. The summed E-state index contributed by atoms with van der Waals surface area (Å²) < 4.78 is 13.3. The van der Waals surface area contributed by atoms with Crippen LogP contribution in [-0.4, -0.2) is 17.8 Å². The maximum absolute atomic E-state index is 13.3. The van der Waals surface area contributed by atoms with Gasteiger partial charge in [-0.05, 0) is 38.0 Å². The zero-order valence-corrected chi connectivity index (χ0v) is 9.42. The number of halogens is 1. The van der Waals surface area contributed by atoms with Crippen LogP contribution in [0.3, 0.4) is 0 Å². The van der Waals surface area contributed by atoms with E-state index >= 15 is 0 Å². The number of aliphatic hydroxyl groups is 1. The maximum Gasteiger partial charge on any atom is 0.126 e. The highest BCUT2D eigenvalue weighted by atomic mass is 19.1. The zero-order valence-electron chi connectivity index (χ0n) is 9.42. The van der Waals surface area contributed by atoms with Gasteiger partial charge in [0.25, 0.3) is 0 Å². The Balaban J connectivity index is 2.73. The maximum atomic E-state index is 13.3. The highest BCUT2D eigenvalue weighted by molar-refractivity contribution is 5.25. The standard InChI is InChI=1S/C12H18FNO/c1-8-4-5-11(6-12(8)13)10(3)14-9(2)7-15/h4-6,9-10,14-15H,7H2,1-3H3/t9-,10?/m1/s1. The predicted octanol–water partition coefficient (Wildman–Crippen LogP) is 2.17. The molecule has 0 spiro atoms. The van der Waals surface area contributed by atoms with Gasteiger partial charge in [0.1, 0.15) is 5.82 Å². The molecule has 0 radical (unpaired) electrons. The van der Waals surface area contributed by atoms with Crippen molar-refractivity contribution in [3.8, 4) is 0 Å². The summed E-state index contributed by atoms with van der Waals surface area (Å²) in [7, 11) is 0. The number of nitrogens with one attached hydrogen (secondary N) is 1. The van der Waals surface area contributed by atoms with Crippen LogP contribution in [0.4, 0.5) is 4.39 Å². The van der Waals surface area contributed by atoms with E-state index in [1.807, 2.05) is 19.9 Å². The van der Waals surface area contributed by atoms with E-state index in [9.17, 15) is 4.39 Å². The second-order valence-corrected chi connectivity index (χ2v) is 3.98. The molecule has 0 amide bonds. The van der Waals surface area contributed by atoms with E-state index in [1.54, 1.807) is 13.0 Å². The molecule has 1 unspecified atom stereocenters. The Morgan fingerprint density at radius 1 is 1.40 bits per heavy atom. The molecular formula is C12H18FNO. The van der Waals surface area contributed by atoms with Crippen LogP contribution in [0.15, 0.2) is 18.2 Å². The molecule has 0 heterocycles. The number of aliphatic hydroxyl groups excluding tert-OH is 1. The minimum absolute atomic E-state index is 0.0179. The summed E-state index contributed by atoms with van der Waals surface area (Å²) in [4.78, 5) is 0. The minimum atomic E-state index is -0.183. The summed E-state index contributed by atoms with van der Waals surface area (Å²) in [5.74, 6) is -0.183. The summed E-state index contributed by atoms with van der Waals surface area (Å²) in [5.41, 5.74) is 1.56. The van der Waals surface area contributed by atoms with Gasteiger partial charge < -0.3 is 10.4 Å². The fourth-order valence-electron chi connectivity index (χ4n) is 1.45. The van der Waals surface area contributed by atoms with Gasteiger partial charge in [-0.15, -0.1) is 0 Å². The first-order valence-electron chi connectivity index (χ1n) is 5.17. The summed E-state index contributed by atoms with van der Waals surface area (Å²) in [6.45, 7) is 5.67. The predicted molar refractivity (Wildman–Crippen MR) is 59.2 cm³/mol. The number of benzene rings is 1. The summed E-state index contributed by atoms with van der Waals surface area (Å²) in [6, 6.07) is 5.27. The topological polar surface area (TPSA) is 32.3 Å². The molecule has 0 aliphatic heterocycles. The second kappa shape index (κ2) is 5.24. The molecule has 84 valence electrons. The summed E-state index contributed by atoms with van der Waals surface area (Å²) >= 11 is 0. The molecule has 2 nitrogen and oxygen atoms in total. The largest absolute Gasteiger partial charge is 0.395 e. The van der Waals surface area contributed by atoms with Crippen LogP contribution in [0.2, 0.25) is 0 Å². The monoisotopic (exact) mass is 211 g/mol. The molecule has 1 rings (SSSR count). The van der Waals surface area contributed by atoms with Crippen molar-refractivity contribution in [2.75, 3.05) is 6.61 Å². The molecule has 0 fully saturated rings. The van der Waals surface area contributed by atoms with Gasteiger partial charge in [0.15, 0.2) is 0 Å². The third kappa shape index (κ3) is 3.29. The van der Waals surface area contributed by atoms with Gasteiger partial charge in [-0.1, -0.05) is 12.1 Å². The van der Waals surface area contributed by atoms with E-state index in [1.165, 1.54) is 6.07 Å². The Bertz CT molecular complexity index is 327. The summed E-state index contributed by atoms with van der Waals surface area (Å²) in [5, 5.41) is 12.1. The molecule has 0 saturated carbocycles. The smallest absolute Gasteiger partial charge is 0.126 e. The lowest BCUT2D eigenvalue weighted by Gasteiger charge is -2.18. The molecule has 1 aromatic rings. The molecule has 1 aromatic carbocycles. The van der Waals surface area contributed by atoms with Crippen LogP contribution >= 0.6 is 0 Å². The number of hydrogen-bond acceptors (Lipinski definition) is 2. The van der Waals surface area contributed by atoms with Crippen molar-refractivity contribution in [3.05, 3.63) is 35.1 Å². The Kier molecular flexibility index (Phi) is 4.24. The van der Waals surface area contributed by atoms with Crippen LogP contribution in [0.25, 0.3) is 0 Å². The normalized spacial score (nSPS) is 15.0. The Morgan fingerprint density at radius 2 is 2.07 bits per heavy atom. The van der Waals surface area contributed by atoms with E-state index in [0.717, 1.165) is 5.56 Å². The van der Waals surface area contributed by atoms with Crippen molar-refractivity contribution >= 4 is 0 Å². The van der Waals surface area contributed by atoms with Gasteiger partial charge in [0.2, 0.25) is 0 Å². The van der Waals surface area contributed by atoms with E-state index in [2.05, 4.69) is 5.32 Å². The first kappa shape index (κ1) is 12.1. The lowest BCUT2D eigenvalue weighted by atomic mass is 10.1. The van der Waals surface area contributed by atoms with Crippen LogP contribution in [0.5, 0.6) is 0 Å². The Morgan fingerprint density at radius 3 is 2.60 bits per heavy atom. The van der Waals surface area contributed by atoms with Gasteiger partial charge in [-0.3, -0.25) is 0 Å². The van der Waals surface area contributed by atoms with E-state index in [4.69, 9.17) is 5.11 Å². The van der Waals surface area contributed by atoms with E-state index in [-0.39, 0.29) is 24.5 Å². The molecular weight excluding hydrogens is 193 g/mol. The number of rotatable bonds is 4. The molecule has 2 atom stereocenters. The van der Waals surface area contributed by atoms with Gasteiger partial charge in [-0.2, -0.15) is 0 Å². The van der Waals surface area contributed by atoms with E-state index < -0.39 is 0 Å². The van der Waals surface area contributed by atoms with Crippen molar-refractivity contribution in [2.45, 2.75) is 32.9 Å². The first-order valence-corrected chi connectivity index (χ1v) is 5.17. The molecule has 0 aliphatic carbocycles. The molecule has 15 heavy (non-hydrogen) atoms. The fourth-order valence-corrected chi connectivity index (χ4v) is 1.45. The summed E-state index contributed by atoms with van der Waals surface area (Å²) in [6.07, 6.45) is 0. The van der Waals surface area contributed by atoms with Crippen LogP contribution < -0.4 is 5.32 Å². The minimum Gasteiger partial charge on any atom is -0.395 e. The second-order valence-electron chi connectivity index (χ2n) is 3.98. The van der Waals surface area contributed by atoms with Crippen LogP contribution in [0.1, 0.15) is 31.0 Å². The van der Waals surface area contributed by atoms with Gasteiger partial charge in [-0.25, -0.2) is 4.39 Å². The fraction of sp³-hybridized carbons (Fsp3) is 0.500. The average Bonchev–Trinajstić information content (AvgIpc) is 2.21. The Labute approximate surface area is 90.1 Å². The molecule has 3 heteroatoms. The Hall–Kier alpha value is -0.930. The van der Waals surface area contributed by atoms with E-state index in [0.29, 0.717) is 5.56 Å². The van der Waals surface area contributed by atoms with Crippen molar-refractivity contribution in [3.63, 3.8) is 0 Å². The van der Waals surface area contributed by atoms with Crippen LogP contribution in [0, 0.1) is 12.7 Å². The molecule has 0 aliphatic rings. The van der Waals surface area contributed by atoms with Gasteiger partial charge >= 0.3 is 0 Å². The van der Waals surface area contributed by atoms with Crippen molar-refractivity contribution in [1.82, 2.24) is 5.32 Å². The lowest BCUT2D eigenvalue weighted by Crippen LogP contribution is -2.31. The SMILES string of the molecule is Cc1ccc(C(C)N[C@H](C)CO)cc1F. The number of hydrogen-bond donors (Lipinski definition) is 2.